The Bertz CT molecular complexity index is 597. The van der Waals surface area contributed by atoms with E-state index in [0.717, 1.165) is 5.56 Å². The van der Waals surface area contributed by atoms with Crippen molar-refractivity contribution in [3.63, 3.8) is 0 Å². The molecule has 4 nitrogen and oxygen atoms in total. The lowest BCUT2D eigenvalue weighted by molar-refractivity contribution is 0.0988. The molecule has 0 bridgehead atoms. The first-order valence-electron chi connectivity index (χ1n) is 5.79. The Hall–Kier alpha value is -1.53. The minimum atomic E-state index is -0.338. The number of Topliss-reactive ketones (excluding diaryl/α,β-unsaturated/α-hetero) is 1. The third-order valence-electron chi connectivity index (χ3n) is 2.67. The van der Waals surface area contributed by atoms with Gasteiger partial charge in [-0.1, -0.05) is 22.0 Å². The number of halogens is 2. The Balaban J connectivity index is 2.11. The average molecular weight is 326 g/mol. The zero-order valence-electron chi connectivity index (χ0n) is 10.1. The quantitative estimate of drug-likeness (QED) is 0.857. The molecular weight excluding hydrogens is 313 g/mol. The number of nitrogens with two attached hydrogens (primary N) is 1. The molecule has 0 unspecified atom stereocenters. The number of hydrogen-bond donors (Lipinski definition) is 1. The molecule has 6 heteroatoms. The first kappa shape index (κ1) is 13.9. The summed E-state index contributed by atoms with van der Waals surface area (Å²) in [5.41, 5.74) is 6.56. The Morgan fingerprint density at radius 3 is 2.95 bits per heavy atom. The second-order valence-electron chi connectivity index (χ2n) is 4.12. The molecule has 2 rings (SSSR count). The first-order chi connectivity index (χ1) is 9.10. The number of nitrogens with zero attached hydrogens (tertiary/aromatic N) is 2. The molecule has 0 fully saturated rings. The summed E-state index contributed by atoms with van der Waals surface area (Å²) in [6.45, 7) is 1.12. The van der Waals surface area contributed by atoms with Crippen LogP contribution in [0.2, 0.25) is 0 Å². The predicted octanol–water partition coefficient (Wildman–Crippen LogP) is 2.17. The number of hydrogen-bond acceptors (Lipinski definition) is 3. The van der Waals surface area contributed by atoms with Gasteiger partial charge >= 0.3 is 0 Å². The fraction of sp³-hybridized carbons (Fsp3) is 0.231. The molecule has 0 amide bonds. The van der Waals surface area contributed by atoms with Gasteiger partial charge in [-0.15, -0.1) is 0 Å². The van der Waals surface area contributed by atoms with Gasteiger partial charge in [-0.25, -0.2) is 9.37 Å². The highest BCUT2D eigenvalue weighted by Crippen LogP contribution is 2.19. The summed E-state index contributed by atoms with van der Waals surface area (Å²) in [5.74, 6) is -0.446. The molecule has 100 valence electrons. The van der Waals surface area contributed by atoms with Gasteiger partial charge in [-0.05, 0) is 17.7 Å². The second-order valence-corrected chi connectivity index (χ2v) is 4.98. The summed E-state index contributed by atoms with van der Waals surface area (Å²) < 4.78 is 15.3. The molecule has 2 N–H and O–H groups in total. The Kier molecular flexibility index (Phi) is 4.44. The van der Waals surface area contributed by atoms with E-state index in [2.05, 4.69) is 20.9 Å². The molecule has 2 aromatic rings. The molecule has 1 aromatic carbocycles. The topological polar surface area (TPSA) is 60.9 Å². The monoisotopic (exact) mass is 325 g/mol. The maximum absolute atomic E-state index is 13.0. The first-order valence-corrected chi connectivity index (χ1v) is 6.58. The van der Waals surface area contributed by atoms with Crippen LogP contribution in [0.15, 0.2) is 35.2 Å². The number of imidazole rings is 1. The smallest absolute Gasteiger partial charge is 0.187 e. The minimum absolute atomic E-state index is 0.108. The molecule has 1 aromatic heterocycles. The van der Waals surface area contributed by atoms with E-state index < -0.39 is 0 Å². The minimum Gasteiger partial charge on any atom is -0.335 e. The zero-order chi connectivity index (χ0) is 13.8. The summed E-state index contributed by atoms with van der Waals surface area (Å²) in [5, 5.41) is 0. The summed E-state index contributed by atoms with van der Waals surface area (Å²) in [6, 6.07) is 4.27. The van der Waals surface area contributed by atoms with Crippen LogP contribution in [0.25, 0.3) is 0 Å². The van der Waals surface area contributed by atoms with Crippen LogP contribution >= 0.6 is 15.9 Å². The van der Waals surface area contributed by atoms with Crippen LogP contribution in [0.5, 0.6) is 0 Å². The highest BCUT2D eigenvalue weighted by Gasteiger charge is 2.12. The molecule has 0 aliphatic carbocycles. The number of ketones is 1. The van der Waals surface area contributed by atoms with Crippen LogP contribution in [0.1, 0.15) is 16.1 Å². The lowest BCUT2D eigenvalue weighted by Gasteiger charge is -2.02. The number of rotatable bonds is 5. The van der Waals surface area contributed by atoms with Gasteiger partial charge in [0.25, 0.3) is 0 Å². The summed E-state index contributed by atoms with van der Waals surface area (Å²) in [4.78, 5) is 16.1. The third kappa shape index (κ3) is 3.48. The summed E-state index contributed by atoms with van der Waals surface area (Å²) in [6.07, 6.45) is 3.44. The van der Waals surface area contributed by atoms with Crippen molar-refractivity contribution in [1.82, 2.24) is 9.55 Å². The van der Waals surface area contributed by atoms with E-state index >= 15 is 0 Å². The van der Waals surface area contributed by atoms with Crippen molar-refractivity contribution in [2.75, 3.05) is 6.54 Å². The Morgan fingerprint density at radius 2 is 2.26 bits per heavy atom. The van der Waals surface area contributed by atoms with E-state index in [-0.39, 0.29) is 18.0 Å². The van der Waals surface area contributed by atoms with Gasteiger partial charge in [0.1, 0.15) is 11.5 Å². The molecule has 0 aliphatic heterocycles. The van der Waals surface area contributed by atoms with Gasteiger partial charge < -0.3 is 10.3 Å². The molecule has 0 spiro atoms. The standard InChI is InChI=1S/C13H13BrFN3O/c14-11-6-10(15)2-1-9(11)5-13(19)12-7-18(4-3-16)8-17-12/h1-2,6-8H,3-5,16H2. The molecule has 0 atom stereocenters. The van der Waals surface area contributed by atoms with Gasteiger partial charge in [0.05, 0.1) is 6.33 Å². The normalized spacial score (nSPS) is 10.7. The van der Waals surface area contributed by atoms with E-state index in [0.29, 0.717) is 23.3 Å². The van der Waals surface area contributed by atoms with E-state index in [4.69, 9.17) is 5.73 Å². The van der Waals surface area contributed by atoms with E-state index in [1.165, 1.54) is 12.1 Å². The van der Waals surface area contributed by atoms with Crippen molar-refractivity contribution >= 4 is 21.7 Å². The highest BCUT2D eigenvalue weighted by molar-refractivity contribution is 9.10. The summed E-state index contributed by atoms with van der Waals surface area (Å²) >= 11 is 3.24. The van der Waals surface area contributed by atoms with Crippen molar-refractivity contribution in [2.24, 2.45) is 5.73 Å². The number of carbonyl (C=O) groups is 1. The third-order valence-corrected chi connectivity index (χ3v) is 3.41. The Labute approximate surface area is 118 Å². The maximum Gasteiger partial charge on any atom is 0.187 e. The van der Waals surface area contributed by atoms with Crippen molar-refractivity contribution in [1.29, 1.82) is 0 Å². The van der Waals surface area contributed by atoms with Gasteiger partial charge in [-0.3, -0.25) is 4.79 Å². The number of carbonyl (C=O) groups excluding carboxylic acids is 1. The van der Waals surface area contributed by atoms with Crippen LogP contribution in [0.4, 0.5) is 4.39 Å². The van der Waals surface area contributed by atoms with Crippen LogP contribution < -0.4 is 5.73 Å². The van der Waals surface area contributed by atoms with Crippen LogP contribution in [0.3, 0.4) is 0 Å². The largest absolute Gasteiger partial charge is 0.335 e. The van der Waals surface area contributed by atoms with Gasteiger partial charge in [-0.2, -0.15) is 0 Å². The second kappa shape index (κ2) is 6.08. The van der Waals surface area contributed by atoms with Crippen LogP contribution in [-0.2, 0) is 13.0 Å². The zero-order valence-corrected chi connectivity index (χ0v) is 11.7. The van der Waals surface area contributed by atoms with Gasteiger partial charge in [0.15, 0.2) is 5.78 Å². The fourth-order valence-electron chi connectivity index (χ4n) is 1.70. The number of benzene rings is 1. The van der Waals surface area contributed by atoms with Crippen LogP contribution in [0, 0.1) is 5.82 Å². The van der Waals surface area contributed by atoms with Crippen molar-refractivity contribution in [3.8, 4) is 0 Å². The van der Waals surface area contributed by atoms with Gasteiger partial charge in [0, 0.05) is 30.2 Å². The van der Waals surface area contributed by atoms with E-state index in [1.807, 2.05) is 0 Å². The number of aromatic nitrogens is 2. The lowest BCUT2D eigenvalue weighted by Crippen LogP contribution is -2.08. The van der Waals surface area contributed by atoms with E-state index in [1.54, 1.807) is 23.2 Å². The molecule has 0 saturated heterocycles. The van der Waals surface area contributed by atoms with Crippen molar-refractivity contribution < 1.29 is 9.18 Å². The van der Waals surface area contributed by atoms with E-state index in [9.17, 15) is 9.18 Å². The molecule has 0 radical (unpaired) electrons. The van der Waals surface area contributed by atoms with Crippen LogP contribution in [-0.4, -0.2) is 21.9 Å². The average Bonchev–Trinajstić information content (AvgIpc) is 2.82. The molecule has 1 heterocycles. The molecule has 19 heavy (non-hydrogen) atoms. The maximum atomic E-state index is 13.0. The Morgan fingerprint density at radius 1 is 1.47 bits per heavy atom. The molecular formula is C13H13BrFN3O. The summed E-state index contributed by atoms with van der Waals surface area (Å²) in [7, 11) is 0. The highest BCUT2D eigenvalue weighted by atomic mass is 79.9. The molecule has 0 aliphatic rings. The van der Waals surface area contributed by atoms with Crippen molar-refractivity contribution in [2.45, 2.75) is 13.0 Å². The lowest BCUT2D eigenvalue weighted by atomic mass is 10.1. The fourth-order valence-corrected chi connectivity index (χ4v) is 2.20. The molecule has 0 saturated carbocycles. The van der Waals surface area contributed by atoms with Gasteiger partial charge in [0.2, 0.25) is 0 Å². The predicted molar refractivity (Wildman–Crippen MR) is 73.4 cm³/mol. The van der Waals surface area contributed by atoms with Crippen molar-refractivity contribution in [3.05, 3.63) is 52.3 Å². The SMILES string of the molecule is NCCn1cnc(C(=O)Cc2ccc(F)cc2Br)c1.